The minimum atomic E-state index is -0.0679. The number of Topliss-reactive ketones (excluding diaryl/α,β-unsaturated/α-hetero) is 2. The van der Waals surface area contributed by atoms with Crippen molar-refractivity contribution in [2.24, 2.45) is 0 Å². The van der Waals surface area contributed by atoms with Crippen LogP contribution in [0.3, 0.4) is 0 Å². The molecule has 0 heterocycles. The van der Waals surface area contributed by atoms with Crippen LogP contribution in [0.5, 0.6) is 11.5 Å². The van der Waals surface area contributed by atoms with Gasteiger partial charge in [-0.15, -0.1) is 0 Å². The van der Waals surface area contributed by atoms with E-state index < -0.39 is 0 Å². The summed E-state index contributed by atoms with van der Waals surface area (Å²) in [5.41, 5.74) is 19.2. The highest BCUT2D eigenvalue weighted by Crippen LogP contribution is 2.52. The number of carbonyl (C=O) groups excluding carboxylic acids is 2. The van der Waals surface area contributed by atoms with Crippen LogP contribution in [0.25, 0.3) is 44.6 Å². The van der Waals surface area contributed by atoms with E-state index in [0.29, 0.717) is 33.8 Å². The lowest BCUT2D eigenvalue weighted by molar-refractivity contribution is -0.109. The van der Waals surface area contributed by atoms with Gasteiger partial charge in [0.25, 0.3) is 0 Å². The number of hydrogen-bond acceptors (Lipinski definition) is 3. The summed E-state index contributed by atoms with van der Waals surface area (Å²) in [6, 6.07) is 98.1. The van der Waals surface area contributed by atoms with Gasteiger partial charge in [0.15, 0.2) is 11.6 Å². The average molecular weight is 1100 g/mol. The molecule has 402 valence electrons. The number of ether oxygens (including phenoxy) is 1. The van der Waals surface area contributed by atoms with Gasteiger partial charge in [-0.05, 0) is 154 Å². The van der Waals surface area contributed by atoms with Gasteiger partial charge in [0, 0.05) is 78.0 Å². The first-order valence-electron chi connectivity index (χ1n) is 28.5. The van der Waals surface area contributed by atoms with Crippen LogP contribution in [-0.2, 0) is 9.59 Å². The van der Waals surface area contributed by atoms with Crippen molar-refractivity contribution < 1.29 is 14.3 Å². The number of aryl methyl sites for hydroxylation is 1. The zero-order valence-corrected chi connectivity index (χ0v) is 47.0. The van der Waals surface area contributed by atoms with Crippen LogP contribution in [0.2, 0.25) is 0 Å². The second-order valence-corrected chi connectivity index (χ2v) is 21.0. The molecule has 0 saturated heterocycles. The summed E-state index contributed by atoms with van der Waals surface area (Å²) in [6.45, 7) is 2.06. The van der Waals surface area contributed by atoms with Crippen molar-refractivity contribution in [1.82, 2.24) is 0 Å². The van der Waals surface area contributed by atoms with Crippen LogP contribution < -0.4 is 4.74 Å². The average Bonchev–Trinajstić information content (AvgIpc) is 1.65. The smallest absolute Gasteiger partial charge is 0.195 e. The second kappa shape index (κ2) is 24.3. The lowest BCUT2D eigenvalue weighted by Gasteiger charge is -2.15. The molecule has 2 aliphatic rings. The normalized spacial score (nSPS) is 12.8. The Kier molecular flexibility index (Phi) is 15.1. The predicted octanol–water partition coefficient (Wildman–Crippen LogP) is 18.2. The van der Waals surface area contributed by atoms with Gasteiger partial charge in [-0.1, -0.05) is 236 Å². The molecule has 11 aromatic rings. The molecule has 3 nitrogen and oxygen atoms in total. The van der Waals surface area contributed by atoms with Gasteiger partial charge < -0.3 is 4.74 Å². The molecule has 13 rings (SSSR count). The van der Waals surface area contributed by atoms with E-state index in [2.05, 4.69) is 78.8 Å². The highest BCUT2D eigenvalue weighted by atomic mass is 16.5. The van der Waals surface area contributed by atoms with Crippen LogP contribution in [0, 0.1) is 42.4 Å². The molecule has 0 spiro atoms. The largest absolute Gasteiger partial charge is 0.457 e. The van der Waals surface area contributed by atoms with Gasteiger partial charge in [0.2, 0.25) is 0 Å². The molecule has 2 aliphatic carbocycles. The molecule has 0 unspecified atom stereocenters. The fourth-order valence-electron chi connectivity index (χ4n) is 11.1. The van der Waals surface area contributed by atoms with Crippen LogP contribution in [0.1, 0.15) is 83.5 Å². The Labute approximate surface area is 502 Å². The van der Waals surface area contributed by atoms with Gasteiger partial charge in [-0.25, -0.2) is 0 Å². The Balaban J connectivity index is 0.860. The van der Waals surface area contributed by atoms with E-state index in [-0.39, 0.29) is 11.6 Å². The van der Waals surface area contributed by atoms with Gasteiger partial charge in [-0.2, -0.15) is 0 Å². The monoisotopic (exact) mass is 1100 g/mol. The van der Waals surface area contributed by atoms with E-state index in [1.54, 1.807) is 0 Å². The lowest BCUT2D eigenvalue weighted by Crippen LogP contribution is -2.02. The molecular formula is C83H52O3. The Morgan fingerprint density at radius 3 is 0.756 bits per heavy atom. The molecule has 0 aliphatic heterocycles. The molecule has 0 amide bonds. The molecule has 0 bridgehead atoms. The van der Waals surface area contributed by atoms with E-state index in [0.717, 1.165) is 106 Å². The van der Waals surface area contributed by atoms with Crippen molar-refractivity contribution in [3.05, 3.63) is 381 Å². The van der Waals surface area contributed by atoms with Crippen LogP contribution >= 0.6 is 0 Å². The highest BCUT2D eigenvalue weighted by Gasteiger charge is 2.37. The molecule has 3 heteroatoms. The first-order chi connectivity index (χ1) is 42.4. The molecular weight excluding hydrogens is 1040 g/mol. The highest BCUT2D eigenvalue weighted by molar-refractivity contribution is 6.60. The third-order valence-corrected chi connectivity index (χ3v) is 15.3. The number of carbonyl (C=O) groups is 2. The van der Waals surface area contributed by atoms with E-state index in [4.69, 9.17) is 4.74 Å². The van der Waals surface area contributed by atoms with Gasteiger partial charge in [0.1, 0.15) is 11.5 Å². The molecule has 0 saturated carbocycles. The third kappa shape index (κ3) is 11.4. The molecule has 86 heavy (non-hydrogen) atoms. The Morgan fingerprint density at radius 1 is 0.221 bits per heavy atom. The van der Waals surface area contributed by atoms with Crippen molar-refractivity contribution in [1.29, 1.82) is 0 Å². The Morgan fingerprint density at radius 2 is 0.453 bits per heavy atom. The van der Waals surface area contributed by atoms with Crippen LogP contribution in [-0.4, -0.2) is 11.6 Å². The third-order valence-electron chi connectivity index (χ3n) is 15.3. The van der Waals surface area contributed by atoms with E-state index in [1.165, 1.54) is 0 Å². The maximum absolute atomic E-state index is 15.4. The summed E-state index contributed by atoms with van der Waals surface area (Å²) in [6.07, 6.45) is 0. The SMILES string of the molecule is Cc1cccc(C#Cc2ccc(C3=C(c4ccc(C#Cc5ccccc5)cc4)C(c4ccc(Oc5ccc(C6=C(c7ccccc7)C(=O)C(c7ccccc7)=C6c6ccc(C#Cc7ccccc7)cc6)cc5)cc4)=C(c4ccccc4)C3=O)cc2)c1. The fourth-order valence-corrected chi connectivity index (χ4v) is 11.1. The maximum Gasteiger partial charge on any atom is 0.195 e. The standard InChI is InChI=1S/C83H52O3/c1-57-18-17-23-63(56-57)35-34-62-40-46-71(47-41-62)81-75(68-44-38-61(39-45-68)33-31-59-21-9-3-10-22-59)77(80(83(81)85)66-28-15-6-16-29-66)70-50-54-73(55-51-70)86-72-52-48-69(49-53-72)76-74(67-42-36-60(37-43-67)32-30-58-19-7-2-8-20-58)78(64-24-11-4-12-25-64)82(84)79(76)65-26-13-5-14-27-65/h2-29,36-56H,1H3. The summed E-state index contributed by atoms with van der Waals surface area (Å²) >= 11 is 0. The zero-order valence-electron chi connectivity index (χ0n) is 47.0. The molecule has 0 N–H and O–H groups in total. The molecule has 11 aromatic carbocycles. The van der Waals surface area contributed by atoms with Crippen molar-refractivity contribution in [2.75, 3.05) is 0 Å². The minimum Gasteiger partial charge on any atom is -0.457 e. The number of hydrogen-bond donors (Lipinski definition) is 0. The first kappa shape index (κ1) is 53.5. The summed E-state index contributed by atoms with van der Waals surface area (Å²) < 4.78 is 6.66. The maximum atomic E-state index is 15.4. The summed E-state index contributed by atoms with van der Waals surface area (Å²) in [5, 5.41) is 0. The molecule has 0 aromatic heterocycles. The van der Waals surface area contributed by atoms with E-state index >= 15 is 9.59 Å². The van der Waals surface area contributed by atoms with E-state index in [9.17, 15) is 0 Å². The van der Waals surface area contributed by atoms with Crippen molar-refractivity contribution in [3.63, 3.8) is 0 Å². The predicted molar refractivity (Wildman–Crippen MR) is 351 cm³/mol. The van der Waals surface area contributed by atoms with Crippen LogP contribution in [0.4, 0.5) is 0 Å². The molecule has 0 atom stereocenters. The summed E-state index contributed by atoms with van der Waals surface area (Å²) in [4.78, 5) is 30.5. The molecule has 0 radical (unpaired) electrons. The van der Waals surface area contributed by atoms with Gasteiger partial charge in [0.05, 0.1) is 0 Å². The number of allylic oxidation sites excluding steroid dienone is 8. The quantitative estimate of drug-likeness (QED) is 0.128. The Hall–Kier alpha value is -11.8. The second-order valence-electron chi connectivity index (χ2n) is 21.0. The topological polar surface area (TPSA) is 43.4 Å². The zero-order chi connectivity index (χ0) is 58.2. The summed E-state index contributed by atoms with van der Waals surface area (Å²) in [5.74, 6) is 21.0. The van der Waals surface area contributed by atoms with Crippen molar-refractivity contribution in [3.8, 4) is 47.0 Å². The number of rotatable bonds is 10. The number of benzene rings is 11. The summed E-state index contributed by atoms with van der Waals surface area (Å²) in [7, 11) is 0. The first-order valence-corrected chi connectivity index (χ1v) is 28.5. The number of ketones is 2. The lowest BCUT2D eigenvalue weighted by atomic mass is 9.88. The van der Waals surface area contributed by atoms with Gasteiger partial charge >= 0.3 is 0 Å². The van der Waals surface area contributed by atoms with E-state index in [1.807, 2.05) is 261 Å². The van der Waals surface area contributed by atoms with Gasteiger partial charge in [-0.3, -0.25) is 9.59 Å². The minimum absolute atomic E-state index is 0.0390. The molecule has 0 fully saturated rings. The van der Waals surface area contributed by atoms with Crippen molar-refractivity contribution >= 4 is 56.2 Å². The Bertz CT molecular complexity index is 4710. The van der Waals surface area contributed by atoms with Crippen LogP contribution in [0.15, 0.2) is 297 Å². The van der Waals surface area contributed by atoms with Crippen molar-refractivity contribution in [2.45, 2.75) is 6.92 Å². The fraction of sp³-hybridized carbons (Fsp3) is 0.0120.